The van der Waals surface area contributed by atoms with Gasteiger partial charge in [-0.1, -0.05) is 13.0 Å². The number of carboxylic acid groups (broad SMARTS) is 1. The van der Waals surface area contributed by atoms with Crippen LogP contribution in [0.15, 0.2) is 19.0 Å². The first-order chi connectivity index (χ1) is 13.1. The van der Waals surface area contributed by atoms with Gasteiger partial charge in [0.1, 0.15) is 6.33 Å². The molecule has 1 amide bonds. The average Bonchev–Trinajstić information content (AvgIpc) is 2.66. The van der Waals surface area contributed by atoms with E-state index in [1.165, 1.54) is 23.8 Å². The Labute approximate surface area is 160 Å². The maximum absolute atomic E-state index is 11.8. The minimum Gasteiger partial charge on any atom is -0.475 e. The summed E-state index contributed by atoms with van der Waals surface area (Å²) >= 11 is 0. The number of nitrogens with zero attached hydrogens (tertiary/aromatic N) is 3. The average molecular weight is 400 g/mol. The van der Waals surface area contributed by atoms with Crippen molar-refractivity contribution in [1.29, 1.82) is 0 Å². The lowest BCUT2D eigenvalue weighted by molar-refractivity contribution is -0.192. The highest BCUT2D eigenvalue weighted by atomic mass is 19.4. The Hall–Kier alpha value is -2.49. The number of amides is 1. The van der Waals surface area contributed by atoms with Crippen LogP contribution in [0, 0.1) is 0 Å². The van der Waals surface area contributed by atoms with Crippen molar-refractivity contribution in [3.8, 4) is 0 Å². The Morgan fingerprint density at radius 2 is 2.00 bits per heavy atom. The van der Waals surface area contributed by atoms with Gasteiger partial charge in [-0.05, 0) is 37.3 Å². The molecule has 2 atom stereocenters. The molecule has 1 aromatic heterocycles. The van der Waals surface area contributed by atoms with E-state index in [0.717, 1.165) is 37.9 Å². The van der Waals surface area contributed by atoms with Gasteiger partial charge in [-0.25, -0.2) is 14.8 Å². The zero-order chi connectivity index (χ0) is 20.9. The molecule has 154 valence electrons. The van der Waals surface area contributed by atoms with Crippen molar-refractivity contribution in [2.24, 2.45) is 5.73 Å². The molecule has 28 heavy (non-hydrogen) atoms. The molecule has 1 aromatic rings. The number of aliphatic carboxylic acids is 1. The fraction of sp³-hybridized carbons (Fsp3) is 0.556. The van der Waals surface area contributed by atoms with Gasteiger partial charge in [0.25, 0.3) is 0 Å². The fourth-order valence-corrected chi connectivity index (χ4v) is 3.52. The van der Waals surface area contributed by atoms with Crippen molar-refractivity contribution >= 4 is 11.9 Å². The molecule has 0 bridgehead atoms. The maximum atomic E-state index is 11.8. The second-order valence-corrected chi connectivity index (χ2v) is 6.82. The van der Waals surface area contributed by atoms with Gasteiger partial charge >= 0.3 is 12.1 Å². The van der Waals surface area contributed by atoms with E-state index in [1.54, 1.807) is 11.2 Å². The number of hydrogen-bond acceptors (Lipinski definition) is 5. The SMILES string of the molecule is C=CC(=O)N1CCc2c(ncnc2C2CCCC(N)C2)C1.O=C(O)C(F)(F)F. The van der Waals surface area contributed by atoms with Crippen molar-refractivity contribution in [3.05, 3.63) is 35.9 Å². The van der Waals surface area contributed by atoms with Crippen LogP contribution in [0.2, 0.25) is 0 Å². The van der Waals surface area contributed by atoms with Crippen LogP contribution in [-0.4, -0.2) is 50.6 Å². The molecular formula is C18H23F3N4O3. The second-order valence-electron chi connectivity index (χ2n) is 6.82. The van der Waals surface area contributed by atoms with E-state index in [2.05, 4.69) is 16.5 Å². The Morgan fingerprint density at radius 1 is 1.32 bits per heavy atom. The minimum absolute atomic E-state index is 0.0273. The third-order valence-corrected chi connectivity index (χ3v) is 4.87. The number of rotatable bonds is 2. The van der Waals surface area contributed by atoms with Crippen molar-refractivity contribution in [1.82, 2.24) is 14.9 Å². The first-order valence-electron chi connectivity index (χ1n) is 8.93. The highest BCUT2D eigenvalue weighted by Gasteiger charge is 2.38. The quantitative estimate of drug-likeness (QED) is 0.737. The zero-order valence-electron chi connectivity index (χ0n) is 15.3. The van der Waals surface area contributed by atoms with Crippen molar-refractivity contribution < 1.29 is 27.9 Å². The molecule has 0 spiro atoms. The van der Waals surface area contributed by atoms with Crippen LogP contribution in [0.4, 0.5) is 13.2 Å². The zero-order valence-corrected chi connectivity index (χ0v) is 15.3. The Morgan fingerprint density at radius 3 is 2.57 bits per heavy atom. The van der Waals surface area contributed by atoms with Gasteiger partial charge in [0, 0.05) is 18.5 Å². The number of nitrogens with two attached hydrogens (primary N) is 1. The summed E-state index contributed by atoms with van der Waals surface area (Å²) in [6.07, 6.45) is 3.21. The second kappa shape index (κ2) is 9.13. The molecule has 1 saturated carbocycles. The third kappa shape index (κ3) is 5.51. The van der Waals surface area contributed by atoms with Crippen molar-refractivity contribution in [2.45, 2.75) is 56.8 Å². The van der Waals surface area contributed by atoms with Crippen LogP contribution in [0.5, 0.6) is 0 Å². The van der Waals surface area contributed by atoms with Gasteiger partial charge < -0.3 is 15.7 Å². The normalized spacial score (nSPS) is 21.8. The predicted octanol–water partition coefficient (Wildman–Crippen LogP) is 2.17. The molecule has 3 rings (SSSR count). The molecule has 2 aliphatic rings. The lowest BCUT2D eigenvalue weighted by Crippen LogP contribution is -2.36. The lowest BCUT2D eigenvalue weighted by atomic mass is 9.81. The number of halogens is 3. The maximum Gasteiger partial charge on any atom is 0.490 e. The van der Waals surface area contributed by atoms with E-state index in [-0.39, 0.29) is 11.9 Å². The smallest absolute Gasteiger partial charge is 0.475 e. The number of hydrogen-bond donors (Lipinski definition) is 2. The van der Waals surface area contributed by atoms with Gasteiger partial charge in [-0.15, -0.1) is 0 Å². The van der Waals surface area contributed by atoms with Crippen molar-refractivity contribution in [2.75, 3.05) is 6.54 Å². The number of carboxylic acids is 1. The first-order valence-corrected chi connectivity index (χ1v) is 8.93. The summed E-state index contributed by atoms with van der Waals surface area (Å²) in [5.74, 6) is -2.33. The molecule has 2 heterocycles. The minimum atomic E-state index is -5.08. The van der Waals surface area contributed by atoms with E-state index in [1.807, 2.05) is 0 Å². The molecule has 7 nitrogen and oxygen atoms in total. The Balaban J connectivity index is 0.000000345. The molecule has 10 heteroatoms. The van der Waals surface area contributed by atoms with Gasteiger partial charge in [-0.2, -0.15) is 13.2 Å². The van der Waals surface area contributed by atoms with Gasteiger partial charge in [-0.3, -0.25) is 4.79 Å². The number of carbonyl (C=O) groups excluding carboxylic acids is 1. The molecule has 1 aliphatic heterocycles. The summed E-state index contributed by atoms with van der Waals surface area (Å²) in [6.45, 7) is 4.84. The van der Waals surface area contributed by atoms with E-state index < -0.39 is 12.1 Å². The highest BCUT2D eigenvalue weighted by molar-refractivity contribution is 5.87. The summed E-state index contributed by atoms with van der Waals surface area (Å²) in [5, 5.41) is 7.12. The molecule has 1 fully saturated rings. The summed E-state index contributed by atoms with van der Waals surface area (Å²) < 4.78 is 31.7. The summed E-state index contributed by atoms with van der Waals surface area (Å²) in [7, 11) is 0. The van der Waals surface area contributed by atoms with E-state index in [9.17, 15) is 18.0 Å². The van der Waals surface area contributed by atoms with Crippen LogP contribution < -0.4 is 5.73 Å². The first kappa shape index (κ1) is 21.8. The number of aromatic nitrogens is 2. The third-order valence-electron chi connectivity index (χ3n) is 4.87. The van der Waals surface area contributed by atoms with Gasteiger partial charge in [0.15, 0.2) is 0 Å². The summed E-state index contributed by atoms with van der Waals surface area (Å²) in [5.41, 5.74) is 9.51. The molecule has 1 aliphatic carbocycles. The van der Waals surface area contributed by atoms with Crippen LogP contribution in [0.1, 0.15) is 48.6 Å². The van der Waals surface area contributed by atoms with Gasteiger partial charge in [0.05, 0.1) is 17.9 Å². The predicted molar refractivity (Wildman–Crippen MR) is 94.2 cm³/mol. The van der Waals surface area contributed by atoms with E-state index in [0.29, 0.717) is 12.5 Å². The fourth-order valence-electron chi connectivity index (χ4n) is 3.52. The largest absolute Gasteiger partial charge is 0.490 e. The number of carbonyl (C=O) groups is 2. The number of alkyl halides is 3. The molecular weight excluding hydrogens is 377 g/mol. The standard InChI is InChI=1S/C16H22N4O.C2HF3O2/c1-2-15(21)20-7-6-13-14(9-20)18-10-19-16(13)11-4-3-5-12(17)8-11;3-2(4,5)1(6)7/h2,10-12H,1,3-9,17H2;(H,6,7). The van der Waals surface area contributed by atoms with Crippen molar-refractivity contribution in [3.63, 3.8) is 0 Å². The highest BCUT2D eigenvalue weighted by Crippen LogP contribution is 2.34. The molecule has 3 N–H and O–H groups in total. The van der Waals surface area contributed by atoms with Crippen LogP contribution in [0.25, 0.3) is 0 Å². The molecule has 2 unspecified atom stereocenters. The molecule has 0 radical (unpaired) electrons. The lowest BCUT2D eigenvalue weighted by Gasteiger charge is -2.32. The molecule has 0 aromatic carbocycles. The van der Waals surface area contributed by atoms with Crippen LogP contribution >= 0.6 is 0 Å². The summed E-state index contributed by atoms with van der Waals surface area (Å²) in [4.78, 5) is 31.4. The van der Waals surface area contributed by atoms with Gasteiger partial charge in [0.2, 0.25) is 5.91 Å². The Kier molecular flexibility index (Phi) is 7.11. The van der Waals surface area contributed by atoms with E-state index >= 15 is 0 Å². The van der Waals surface area contributed by atoms with E-state index in [4.69, 9.17) is 15.6 Å². The topological polar surface area (TPSA) is 109 Å². The van der Waals surface area contributed by atoms with Crippen LogP contribution in [-0.2, 0) is 22.6 Å². The number of fused-ring (bicyclic) bond motifs is 1. The summed E-state index contributed by atoms with van der Waals surface area (Å²) in [6, 6.07) is 0.289. The monoisotopic (exact) mass is 400 g/mol. The Bertz CT molecular complexity index is 739. The van der Waals surface area contributed by atoms with Crippen LogP contribution in [0.3, 0.4) is 0 Å². The molecule has 0 saturated heterocycles.